The summed E-state index contributed by atoms with van der Waals surface area (Å²) >= 11 is 4.83. The fourth-order valence-electron chi connectivity index (χ4n) is 2.55. The van der Waals surface area contributed by atoms with E-state index in [1.807, 2.05) is 24.3 Å². The Kier molecular flexibility index (Phi) is 7.87. The van der Waals surface area contributed by atoms with Gasteiger partial charge in [0.1, 0.15) is 10.8 Å². The van der Waals surface area contributed by atoms with Crippen LogP contribution in [0.2, 0.25) is 0 Å². The first-order chi connectivity index (χ1) is 14.6. The first-order valence-electron chi connectivity index (χ1n) is 9.15. The van der Waals surface area contributed by atoms with Crippen molar-refractivity contribution in [1.82, 2.24) is 15.6 Å². The lowest BCUT2D eigenvalue weighted by atomic mass is 10.2. The number of carbonyl (C=O) groups excluding carboxylic acids is 2. The minimum Gasteiger partial charge on any atom is -0.497 e. The Morgan fingerprint density at radius 3 is 2.30 bits per heavy atom. The minimum atomic E-state index is -0.235. The second kappa shape index (κ2) is 10.8. The Balaban J connectivity index is 1.52. The number of methoxy groups -OCH3 is 1. The monoisotopic (exact) mass is 485 g/mol. The van der Waals surface area contributed by atoms with Gasteiger partial charge in [-0.25, -0.2) is 4.98 Å². The Labute approximate surface area is 187 Å². The highest BCUT2D eigenvalue weighted by Gasteiger charge is 2.13. The molecule has 0 bridgehead atoms. The number of aromatic nitrogens is 1. The van der Waals surface area contributed by atoms with Crippen molar-refractivity contribution in [1.29, 1.82) is 0 Å². The Hall–Kier alpha value is -2.84. The molecule has 0 unspecified atom stereocenters. The highest BCUT2D eigenvalue weighted by molar-refractivity contribution is 9.10. The molecular weight excluding hydrogens is 466 g/mol. The smallest absolute Gasteiger partial charge is 0.254 e. The zero-order valence-electron chi connectivity index (χ0n) is 16.2. The number of nitrogens with zero attached hydrogens (tertiary/aromatic N) is 1. The molecule has 0 atom stereocenters. The number of rotatable bonds is 8. The number of carbonyl (C=O) groups is 2. The molecule has 6 nitrogen and oxygen atoms in total. The minimum absolute atomic E-state index is 0.209. The van der Waals surface area contributed by atoms with Gasteiger partial charge < -0.3 is 15.4 Å². The van der Waals surface area contributed by atoms with Crippen LogP contribution in [0.25, 0.3) is 0 Å². The van der Waals surface area contributed by atoms with Crippen LogP contribution in [0.4, 0.5) is 0 Å². The molecule has 2 N–H and O–H groups in total. The van der Waals surface area contributed by atoms with E-state index >= 15 is 0 Å². The topological polar surface area (TPSA) is 80.3 Å². The lowest BCUT2D eigenvalue weighted by Gasteiger charge is -2.10. The van der Waals surface area contributed by atoms with Crippen molar-refractivity contribution < 1.29 is 14.3 Å². The summed E-state index contributed by atoms with van der Waals surface area (Å²) in [4.78, 5) is 30.1. The summed E-state index contributed by atoms with van der Waals surface area (Å²) in [6, 6.07) is 18.1. The number of halogens is 1. The molecule has 0 aliphatic heterocycles. The summed E-state index contributed by atoms with van der Waals surface area (Å²) in [5.41, 5.74) is 1.02. The number of nitrogens with one attached hydrogen (secondary N) is 2. The maximum absolute atomic E-state index is 12.6. The van der Waals surface area contributed by atoms with E-state index in [-0.39, 0.29) is 11.8 Å². The number of hydrogen-bond donors (Lipinski definition) is 2. The molecule has 0 saturated carbocycles. The van der Waals surface area contributed by atoms with Crippen molar-refractivity contribution in [2.75, 3.05) is 20.2 Å². The summed E-state index contributed by atoms with van der Waals surface area (Å²) in [5.74, 6) is 0.244. The summed E-state index contributed by atoms with van der Waals surface area (Å²) < 4.78 is 6.07. The van der Waals surface area contributed by atoms with E-state index < -0.39 is 0 Å². The van der Waals surface area contributed by atoms with Crippen molar-refractivity contribution in [2.45, 2.75) is 9.92 Å². The molecule has 2 aromatic carbocycles. The van der Waals surface area contributed by atoms with E-state index in [2.05, 4.69) is 31.5 Å². The zero-order chi connectivity index (χ0) is 21.3. The van der Waals surface area contributed by atoms with Gasteiger partial charge in [0.05, 0.1) is 12.7 Å². The molecule has 0 saturated heterocycles. The molecule has 1 heterocycles. The highest BCUT2D eigenvalue weighted by atomic mass is 79.9. The van der Waals surface area contributed by atoms with Crippen molar-refractivity contribution in [2.24, 2.45) is 0 Å². The second-order valence-corrected chi connectivity index (χ2v) is 8.13. The van der Waals surface area contributed by atoms with Gasteiger partial charge in [0.2, 0.25) is 0 Å². The number of hydrogen-bond acceptors (Lipinski definition) is 5. The molecule has 0 aliphatic carbocycles. The van der Waals surface area contributed by atoms with Crippen LogP contribution in [-0.2, 0) is 0 Å². The fraction of sp³-hybridized carbons (Fsp3) is 0.136. The van der Waals surface area contributed by atoms with Crippen LogP contribution < -0.4 is 15.4 Å². The van der Waals surface area contributed by atoms with Gasteiger partial charge in [-0.05, 0) is 60.7 Å². The van der Waals surface area contributed by atoms with Gasteiger partial charge in [-0.15, -0.1) is 0 Å². The molecule has 0 radical (unpaired) electrons. The van der Waals surface area contributed by atoms with Crippen LogP contribution in [0.1, 0.15) is 20.7 Å². The van der Waals surface area contributed by atoms with Gasteiger partial charge in [-0.1, -0.05) is 27.7 Å². The van der Waals surface area contributed by atoms with Gasteiger partial charge in [0, 0.05) is 34.2 Å². The predicted octanol–water partition coefficient (Wildman–Crippen LogP) is 4.16. The molecule has 154 valence electrons. The van der Waals surface area contributed by atoms with Crippen LogP contribution in [0, 0.1) is 0 Å². The van der Waals surface area contributed by atoms with Crippen molar-refractivity contribution in [3.8, 4) is 5.75 Å². The van der Waals surface area contributed by atoms with E-state index in [1.54, 1.807) is 49.7 Å². The van der Waals surface area contributed by atoms with Crippen LogP contribution in [-0.4, -0.2) is 37.0 Å². The van der Waals surface area contributed by atoms with Crippen LogP contribution in [0.3, 0.4) is 0 Å². The number of ether oxygens (including phenoxy) is 1. The lowest BCUT2D eigenvalue weighted by molar-refractivity contribution is 0.0925. The quantitative estimate of drug-likeness (QED) is 0.468. The second-order valence-electron chi connectivity index (χ2n) is 6.15. The molecule has 3 rings (SSSR count). The third-order valence-electron chi connectivity index (χ3n) is 4.09. The number of benzene rings is 2. The zero-order valence-corrected chi connectivity index (χ0v) is 18.6. The molecule has 8 heteroatoms. The highest BCUT2D eigenvalue weighted by Crippen LogP contribution is 2.29. The Bertz CT molecular complexity index is 1010. The molecule has 2 amide bonds. The van der Waals surface area contributed by atoms with E-state index in [0.717, 1.165) is 9.37 Å². The molecule has 1 aromatic heterocycles. The molecule has 0 fully saturated rings. The first kappa shape index (κ1) is 21.9. The summed E-state index contributed by atoms with van der Waals surface area (Å²) in [7, 11) is 1.57. The lowest BCUT2D eigenvalue weighted by Crippen LogP contribution is -2.34. The van der Waals surface area contributed by atoms with E-state index in [1.165, 1.54) is 11.8 Å². The third-order valence-corrected chi connectivity index (χ3v) is 5.65. The molecule has 30 heavy (non-hydrogen) atoms. The van der Waals surface area contributed by atoms with Crippen LogP contribution in [0.15, 0.2) is 81.3 Å². The molecular formula is C22H20BrN3O3S. The third kappa shape index (κ3) is 6.08. The van der Waals surface area contributed by atoms with Gasteiger partial charge in [0.15, 0.2) is 0 Å². The molecule has 3 aromatic rings. The van der Waals surface area contributed by atoms with E-state index in [0.29, 0.717) is 35.0 Å². The van der Waals surface area contributed by atoms with Crippen LogP contribution in [0.5, 0.6) is 5.75 Å². The Morgan fingerprint density at radius 1 is 0.967 bits per heavy atom. The Morgan fingerprint density at radius 2 is 1.63 bits per heavy atom. The number of amides is 2. The summed E-state index contributed by atoms with van der Waals surface area (Å²) in [5, 5.41) is 6.23. The SMILES string of the molecule is COc1ccc(C(=O)NCCNC(=O)c2cccnc2Sc2ccc(Br)cc2)cc1. The van der Waals surface area contributed by atoms with Crippen LogP contribution >= 0.6 is 27.7 Å². The van der Waals surface area contributed by atoms with Gasteiger partial charge in [-0.2, -0.15) is 0 Å². The predicted molar refractivity (Wildman–Crippen MR) is 120 cm³/mol. The number of pyridine rings is 1. The van der Waals surface area contributed by atoms with Gasteiger partial charge in [0.25, 0.3) is 11.8 Å². The maximum atomic E-state index is 12.6. The largest absolute Gasteiger partial charge is 0.497 e. The summed E-state index contributed by atoms with van der Waals surface area (Å²) in [6.07, 6.45) is 1.66. The molecule has 0 aliphatic rings. The van der Waals surface area contributed by atoms with Crippen molar-refractivity contribution >= 4 is 39.5 Å². The van der Waals surface area contributed by atoms with Crippen molar-refractivity contribution in [3.05, 3.63) is 82.5 Å². The fourth-order valence-corrected chi connectivity index (χ4v) is 3.69. The summed E-state index contributed by atoms with van der Waals surface area (Å²) in [6.45, 7) is 0.615. The molecule has 0 spiro atoms. The van der Waals surface area contributed by atoms with Gasteiger partial charge in [-0.3, -0.25) is 9.59 Å². The average molecular weight is 486 g/mol. The first-order valence-corrected chi connectivity index (χ1v) is 10.8. The standard InChI is InChI=1S/C22H20BrN3O3S/c1-29-17-8-4-15(5-9-17)20(27)24-13-14-25-21(28)19-3-2-12-26-22(19)30-18-10-6-16(23)7-11-18/h2-12H,13-14H2,1H3,(H,24,27)(H,25,28). The van der Waals surface area contributed by atoms with Crippen molar-refractivity contribution in [3.63, 3.8) is 0 Å². The van der Waals surface area contributed by atoms with Gasteiger partial charge >= 0.3 is 0 Å². The average Bonchev–Trinajstić information content (AvgIpc) is 2.78. The normalized spacial score (nSPS) is 10.3. The van der Waals surface area contributed by atoms with E-state index in [4.69, 9.17) is 4.74 Å². The maximum Gasteiger partial charge on any atom is 0.254 e. The van der Waals surface area contributed by atoms with E-state index in [9.17, 15) is 9.59 Å².